The van der Waals surface area contributed by atoms with Gasteiger partial charge in [-0.15, -0.1) is 0 Å². The molecule has 0 aliphatic rings. The monoisotopic (exact) mass is 261 g/mol. The number of nitrogens with two attached hydrogens (primary N) is 1. The van der Waals surface area contributed by atoms with Gasteiger partial charge in [0, 0.05) is 6.42 Å². The Bertz CT molecular complexity index is 417. The average Bonchev–Trinajstić information content (AvgIpc) is 2.22. The van der Waals surface area contributed by atoms with E-state index in [9.17, 15) is 13.6 Å². The second kappa shape index (κ2) is 6.20. The first-order valence-corrected chi connectivity index (χ1v) is 5.14. The Labute approximate surface area is 102 Å². The van der Waals surface area contributed by atoms with Crippen LogP contribution in [0.2, 0.25) is 0 Å². The van der Waals surface area contributed by atoms with Gasteiger partial charge < -0.3 is 15.6 Å². The molecule has 0 amide bonds. The molecule has 0 aliphatic carbocycles. The molecule has 0 atom stereocenters. The van der Waals surface area contributed by atoms with Crippen molar-refractivity contribution in [1.82, 2.24) is 9.97 Å². The van der Waals surface area contributed by atoms with Crippen molar-refractivity contribution in [3.8, 4) is 0 Å². The van der Waals surface area contributed by atoms with Gasteiger partial charge in [0.15, 0.2) is 0 Å². The van der Waals surface area contributed by atoms with Crippen LogP contribution in [0.3, 0.4) is 0 Å². The molecule has 0 bridgehead atoms. The maximum atomic E-state index is 11.8. The first kappa shape index (κ1) is 14.2. The number of nitrogens with zero attached hydrogens (tertiary/aromatic N) is 2. The molecule has 8 heteroatoms. The smallest absolute Gasteiger partial charge is 0.341 e. The van der Waals surface area contributed by atoms with Gasteiger partial charge in [-0.1, -0.05) is 0 Å². The summed E-state index contributed by atoms with van der Waals surface area (Å²) in [6, 6.07) is 0. The fourth-order valence-electron chi connectivity index (χ4n) is 1.37. The van der Waals surface area contributed by atoms with Crippen molar-refractivity contribution in [1.29, 1.82) is 0 Å². The van der Waals surface area contributed by atoms with Gasteiger partial charge in [0.25, 0.3) is 6.43 Å². The number of rotatable bonds is 6. The normalized spacial score (nSPS) is 10.9. The topological polar surface area (TPSA) is 98.3 Å². The molecule has 0 aliphatic heterocycles. The fraction of sp³-hybridized carbons (Fsp3) is 0.500. The van der Waals surface area contributed by atoms with E-state index in [1.807, 2.05) is 0 Å². The molecule has 100 valence electrons. The van der Waals surface area contributed by atoms with Gasteiger partial charge in [-0.2, -0.15) is 0 Å². The number of nitrogen functional groups attached to an aromatic ring is 1. The average molecular weight is 261 g/mol. The van der Waals surface area contributed by atoms with Crippen molar-refractivity contribution in [2.24, 2.45) is 0 Å². The lowest BCUT2D eigenvalue weighted by Gasteiger charge is -2.07. The number of aryl methyl sites for hydroxylation is 1. The van der Waals surface area contributed by atoms with Crippen molar-refractivity contribution >= 4 is 11.8 Å². The van der Waals surface area contributed by atoms with Gasteiger partial charge in [0.2, 0.25) is 0 Å². The Hall–Kier alpha value is -1.83. The zero-order chi connectivity index (χ0) is 13.7. The second-order valence-electron chi connectivity index (χ2n) is 3.51. The molecule has 3 N–H and O–H groups in total. The molecule has 0 spiro atoms. The lowest BCUT2D eigenvalue weighted by molar-refractivity contribution is 0.0182. The number of halogens is 2. The predicted molar refractivity (Wildman–Crippen MR) is 58.7 cm³/mol. The van der Waals surface area contributed by atoms with Gasteiger partial charge in [0.05, 0.1) is 12.3 Å². The van der Waals surface area contributed by atoms with Crippen LogP contribution >= 0.6 is 0 Å². The van der Waals surface area contributed by atoms with E-state index < -0.39 is 19.0 Å². The molecule has 6 nitrogen and oxygen atoms in total. The van der Waals surface area contributed by atoms with E-state index in [1.54, 1.807) is 0 Å². The van der Waals surface area contributed by atoms with Crippen LogP contribution in [0.1, 0.15) is 21.9 Å². The first-order valence-electron chi connectivity index (χ1n) is 5.14. The number of ether oxygens (including phenoxy) is 1. The number of carboxylic acid groups (broad SMARTS) is 1. The number of anilines is 1. The summed E-state index contributed by atoms with van der Waals surface area (Å²) in [7, 11) is 0. The summed E-state index contributed by atoms with van der Waals surface area (Å²) in [5, 5.41) is 8.84. The van der Waals surface area contributed by atoms with E-state index in [0.717, 1.165) is 0 Å². The third-order valence-corrected chi connectivity index (χ3v) is 2.09. The Balaban J connectivity index is 2.66. The van der Waals surface area contributed by atoms with E-state index in [4.69, 9.17) is 10.8 Å². The molecule has 1 rings (SSSR count). The van der Waals surface area contributed by atoms with E-state index in [-0.39, 0.29) is 35.9 Å². The summed E-state index contributed by atoms with van der Waals surface area (Å²) in [4.78, 5) is 18.5. The highest BCUT2D eigenvalue weighted by atomic mass is 19.3. The fourth-order valence-corrected chi connectivity index (χ4v) is 1.37. The number of alkyl halides is 2. The number of hydrogen-bond acceptors (Lipinski definition) is 5. The molecule has 0 saturated heterocycles. The molecule has 1 heterocycles. The second-order valence-corrected chi connectivity index (χ2v) is 3.51. The summed E-state index contributed by atoms with van der Waals surface area (Å²) in [6.07, 6.45) is -2.33. The summed E-state index contributed by atoms with van der Waals surface area (Å²) in [6.45, 7) is 0.863. The standard InChI is InChI=1S/C10H13F2N3O3/c1-5-8(10(16)17)9(13)15-7(14-5)2-3-18-4-6(11)12/h6H,2-4H2,1H3,(H,16,17)(H2,13,14,15). The molecule has 1 aromatic heterocycles. The van der Waals surface area contributed by atoms with E-state index >= 15 is 0 Å². The van der Waals surface area contributed by atoms with Crippen LogP contribution < -0.4 is 5.73 Å². The maximum absolute atomic E-state index is 11.8. The summed E-state index contributed by atoms with van der Waals surface area (Å²) < 4.78 is 28.2. The van der Waals surface area contributed by atoms with Crippen LogP contribution in [0.25, 0.3) is 0 Å². The summed E-state index contributed by atoms with van der Waals surface area (Å²) in [5.41, 5.74) is 5.57. The molecule has 0 aromatic carbocycles. The lowest BCUT2D eigenvalue weighted by Crippen LogP contribution is -2.14. The van der Waals surface area contributed by atoms with Crippen LogP contribution in [0.4, 0.5) is 14.6 Å². The molecule has 0 unspecified atom stereocenters. The largest absolute Gasteiger partial charge is 0.477 e. The molecule has 1 aromatic rings. The predicted octanol–water partition coefficient (Wildman–Crippen LogP) is 0.890. The molecule has 0 fully saturated rings. The van der Waals surface area contributed by atoms with Crippen LogP contribution in [0, 0.1) is 6.92 Å². The van der Waals surface area contributed by atoms with Crippen molar-refractivity contribution in [3.05, 3.63) is 17.1 Å². The van der Waals surface area contributed by atoms with E-state index in [1.165, 1.54) is 6.92 Å². The van der Waals surface area contributed by atoms with Crippen LogP contribution in [0.15, 0.2) is 0 Å². The van der Waals surface area contributed by atoms with Crippen molar-refractivity contribution in [3.63, 3.8) is 0 Å². The molecule has 18 heavy (non-hydrogen) atoms. The number of carbonyl (C=O) groups is 1. The van der Waals surface area contributed by atoms with Crippen LogP contribution in [-0.2, 0) is 11.2 Å². The molecule has 0 saturated carbocycles. The summed E-state index contributed by atoms with van der Waals surface area (Å²) in [5.74, 6) is -1.08. The quantitative estimate of drug-likeness (QED) is 0.738. The van der Waals surface area contributed by atoms with Gasteiger partial charge in [-0.05, 0) is 6.92 Å². The van der Waals surface area contributed by atoms with Gasteiger partial charge in [0.1, 0.15) is 23.8 Å². The van der Waals surface area contributed by atoms with E-state index in [0.29, 0.717) is 0 Å². The third-order valence-electron chi connectivity index (χ3n) is 2.09. The Kier molecular flexibility index (Phi) is 4.90. The van der Waals surface area contributed by atoms with Gasteiger partial charge in [-0.3, -0.25) is 0 Å². The SMILES string of the molecule is Cc1nc(CCOCC(F)F)nc(N)c1C(=O)O. The first-order chi connectivity index (χ1) is 8.41. The maximum Gasteiger partial charge on any atom is 0.341 e. The minimum absolute atomic E-state index is 0.0235. The number of aromatic nitrogens is 2. The number of hydrogen-bond donors (Lipinski definition) is 2. The highest BCUT2D eigenvalue weighted by Gasteiger charge is 2.15. The molecular formula is C10H13F2N3O3. The highest BCUT2D eigenvalue weighted by Crippen LogP contribution is 2.13. The van der Waals surface area contributed by atoms with Crippen molar-refractivity contribution in [2.45, 2.75) is 19.8 Å². The van der Waals surface area contributed by atoms with Crippen LogP contribution in [0.5, 0.6) is 0 Å². The van der Waals surface area contributed by atoms with Crippen molar-refractivity contribution in [2.75, 3.05) is 18.9 Å². The lowest BCUT2D eigenvalue weighted by atomic mass is 10.2. The number of carboxylic acids is 1. The molecule has 0 radical (unpaired) electrons. The highest BCUT2D eigenvalue weighted by molar-refractivity contribution is 5.93. The third kappa shape index (κ3) is 3.88. The molecular weight excluding hydrogens is 248 g/mol. The van der Waals surface area contributed by atoms with Gasteiger partial charge in [-0.25, -0.2) is 23.5 Å². The number of aromatic carboxylic acids is 1. The Morgan fingerprint density at radius 2 is 2.17 bits per heavy atom. The zero-order valence-electron chi connectivity index (χ0n) is 9.69. The van der Waals surface area contributed by atoms with E-state index in [2.05, 4.69) is 14.7 Å². The zero-order valence-corrected chi connectivity index (χ0v) is 9.69. The Morgan fingerprint density at radius 3 is 2.67 bits per heavy atom. The minimum Gasteiger partial charge on any atom is -0.477 e. The Morgan fingerprint density at radius 1 is 1.50 bits per heavy atom. The summed E-state index contributed by atoms with van der Waals surface area (Å²) >= 11 is 0. The van der Waals surface area contributed by atoms with Crippen LogP contribution in [-0.4, -0.2) is 40.7 Å². The van der Waals surface area contributed by atoms with Gasteiger partial charge >= 0.3 is 5.97 Å². The minimum atomic E-state index is -2.52. The van der Waals surface area contributed by atoms with Crippen molar-refractivity contribution < 1.29 is 23.4 Å².